The Morgan fingerprint density at radius 2 is 1.45 bits per heavy atom. The molecule has 150 valence electrons. The smallest absolute Gasteiger partial charge is 0.161 e. The van der Waals surface area contributed by atoms with Gasteiger partial charge in [0.05, 0.1) is 20.3 Å². The summed E-state index contributed by atoms with van der Waals surface area (Å²) in [6, 6.07) is 22.4. The number of ether oxygens (including phenoxy) is 4. The van der Waals surface area contributed by atoms with Gasteiger partial charge in [0.15, 0.2) is 11.5 Å². The molecule has 5 heteroatoms. The lowest BCUT2D eigenvalue weighted by atomic mass is 10.2. The molecule has 0 heterocycles. The first-order valence-corrected chi connectivity index (χ1v) is 9.50. The molecule has 0 amide bonds. The second-order valence-electron chi connectivity index (χ2n) is 6.32. The maximum atomic E-state index is 10.8. The van der Waals surface area contributed by atoms with Crippen molar-refractivity contribution in [2.45, 2.75) is 12.8 Å². The standard InChI is InChI=1S/C24H24O5/c1-26-24-16-19(18-25)12-13-23(24)28-15-6-5-14-27-21-10-7-11-22(17-21)29-20-8-3-2-4-9-20/h2-4,7-13,16-18H,5-6,14-15H2,1H3. The lowest BCUT2D eigenvalue weighted by Crippen LogP contribution is -2.03. The largest absolute Gasteiger partial charge is 0.493 e. The molecule has 0 aliphatic carbocycles. The fraction of sp³-hybridized carbons (Fsp3) is 0.208. The molecule has 0 aromatic heterocycles. The lowest BCUT2D eigenvalue weighted by molar-refractivity contribution is 0.112. The van der Waals surface area contributed by atoms with E-state index in [1.165, 1.54) is 0 Å². The summed E-state index contributed by atoms with van der Waals surface area (Å²) in [5, 5.41) is 0. The third-order valence-corrected chi connectivity index (χ3v) is 4.17. The molecule has 3 aromatic rings. The second-order valence-corrected chi connectivity index (χ2v) is 6.32. The number of hydrogen-bond acceptors (Lipinski definition) is 5. The first-order chi connectivity index (χ1) is 14.3. The number of rotatable bonds is 11. The van der Waals surface area contributed by atoms with E-state index >= 15 is 0 Å². The van der Waals surface area contributed by atoms with Crippen LogP contribution in [0.5, 0.6) is 28.7 Å². The minimum absolute atomic E-state index is 0.539. The Balaban J connectivity index is 1.40. The van der Waals surface area contributed by atoms with E-state index in [4.69, 9.17) is 18.9 Å². The first-order valence-electron chi connectivity index (χ1n) is 9.50. The number of unbranched alkanes of at least 4 members (excludes halogenated alkanes) is 1. The van der Waals surface area contributed by atoms with Crippen LogP contribution in [0.1, 0.15) is 23.2 Å². The summed E-state index contributed by atoms with van der Waals surface area (Å²) in [6.45, 7) is 1.12. The fourth-order valence-corrected chi connectivity index (χ4v) is 2.71. The van der Waals surface area contributed by atoms with Crippen LogP contribution in [0, 0.1) is 0 Å². The zero-order chi connectivity index (χ0) is 20.3. The van der Waals surface area contributed by atoms with Crippen LogP contribution in [-0.4, -0.2) is 26.6 Å². The van der Waals surface area contributed by atoms with Crippen LogP contribution in [0.4, 0.5) is 0 Å². The number of carbonyl (C=O) groups is 1. The van der Waals surface area contributed by atoms with E-state index in [9.17, 15) is 4.79 Å². The average molecular weight is 392 g/mol. The van der Waals surface area contributed by atoms with Crippen molar-refractivity contribution in [3.05, 3.63) is 78.4 Å². The summed E-state index contributed by atoms with van der Waals surface area (Å²) in [6.07, 6.45) is 2.46. The molecule has 0 fully saturated rings. The van der Waals surface area contributed by atoms with Crippen LogP contribution >= 0.6 is 0 Å². The van der Waals surface area contributed by atoms with Crippen LogP contribution in [0.3, 0.4) is 0 Å². The molecule has 0 aliphatic heterocycles. The van der Waals surface area contributed by atoms with Crippen LogP contribution in [-0.2, 0) is 0 Å². The molecule has 0 atom stereocenters. The zero-order valence-corrected chi connectivity index (χ0v) is 16.4. The molecular formula is C24H24O5. The summed E-state index contributed by atoms with van der Waals surface area (Å²) in [5.74, 6) is 3.48. The van der Waals surface area contributed by atoms with E-state index in [-0.39, 0.29) is 0 Å². The van der Waals surface area contributed by atoms with Crippen LogP contribution < -0.4 is 18.9 Å². The van der Waals surface area contributed by atoms with Crippen LogP contribution in [0.25, 0.3) is 0 Å². The highest BCUT2D eigenvalue weighted by molar-refractivity contribution is 5.76. The molecule has 0 N–H and O–H groups in total. The molecule has 0 aliphatic rings. The van der Waals surface area contributed by atoms with Crippen molar-refractivity contribution in [3.8, 4) is 28.7 Å². The SMILES string of the molecule is COc1cc(C=O)ccc1OCCCCOc1cccc(Oc2ccccc2)c1. The number of aldehydes is 1. The van der Waals surface area contributed by atoms with Gasteiger partial charge in [-0.15, -0.1) is 0 Å². The van der Waals surface area contributed by atoms with Gasteiger partial charge in [0.25, 0.3) is 0 Å². The molecule has 0 saturated heterocycles. The van der Waals surface area contributed by atoms with Crippen molar-refractivity contribution >= 4 is 6.29 Å². The van der Waals surface area contributed by atoms with E-state index < -0.39 is 0 Å². The normalized spacial score (nSPS) is 10.2. The number of para-hydroxylation sites is 1. The Morgan fingerprint density at radius 3 is 2.21 bits per heavy atom. The van der Waals surface area contributed by atoms with Gasteiger partial charge >= 0.3 is 0 Å². The minimum atomic E-state index is 0.539. The summed E-state index contributed by atoms with van der Waals surface area (Å²) in [4.78, 5) is 10.8. The van der Waals surface area contributed by atoms with Gasteiger partial charge in [0.1, 0.15) is 23.5 Å². The zero-order valence-electron chi connectivity index (χ0n) is 16.4. The maximum absolute atomic E-state index is 10.8. The molecule has 29 heavy (non-hydrogen) atoms. The van der Waals surface area contributed by atoms with E-state index in [1.54, 1.807) is 25.3 Å². The van der Waals surface area contributed by atoms with Crippen LogP contribution in [0.2, 0.25) is 0 Å². The highest BCUT2D eigenvalue weighted by atomic mass is 16.5. The van der Waals surface area contributed by atoms with Crippen molar-refractivity contribution in [1.29, 1.82) is 0 Å². The quantitative estimate of drug-likeness (QED) is 0.317. The molecule has 0 saturated carbocycles. The van der Waals surface area contributed by atoms with Crippen molar-refractivity contribution in [3.63, 3.8) is 0 Å². The van der Waals surface area contributed by atoms with Gasteiger partial charge in [-0.2, -0.15) is 0 Å². The van der Waals surface area contributed by atoms with E-state index in [2.05, 4.69) is 0 Å². The highest BCUT2D eigenvalue weighted by Crippen LogP contribution is 2.28. The Bertz CT molecular complexity index is 908. The minimum Gasteiger partial charge on any atom is -0.493 e. The van der Waals surface area contributed by atoms with Crippen molar-refractivity contribution in [2.75, 3.05) is 20.3 Å². The predicted molar refractivity (Wildman–Crippen MR) is 112 cm³/mol. The lowest BCUT2D eigenvalue weighted by Gasteiger charge is -2.11. The van der Waals surface area contributed by atoms with Gasteiger partial charge in [-0.3, -0.25) is 4.79 Å². The summed E-state index contributed by atoms with van der Waals surface area (Å²) >= 11 is 0. The maximum Gasteiger partial charge on any atom is 0.161 e. The van der Waals surface area contributed by atoms with Gasteiger partial charge in [-0.25, -0.2) is 0 Å². The van der Waals surface area contributed by atoms with Gasteiger partial charge in [0, 0.05) is 11.6 Å². The summed E-state index contributed by atoms with van der Waals surface area (Å²) in [5.41, 5.74) is 0.557. The fourth-order valence-electron chi connectivity index (χ4n) is 2.71. The summed E-state index contributed by atoms with van der Waals surface area (Å²) in [7, 11) is 1.56. The molecule has 3 rings (SSSR count). The Kier molecular flexibility index (Phi) is 7.52. The Morgan fingerprint density at radius 1 is 0.724 bits per heavy atom. The van der Waals surface area contributed by atoms with Gasteiger partial charge in [-0.05, 0) is 55.3 Å². The first kappa shape index (κ1) is 20.3. The Hall–Kier alpha value is -3.47. The van der Waals surface area contributed by atoms with E-state index in [0.717, 1.165) is 36.4 Å². The van der Waals surface area contributed by atoms with Crippen molar-refractivity contribution in [1.82, 2.24) is 0 Å². The van der Waals surface area contributed by atoms with E-state index in [1.807, 2.05) is 54.6 Å². The van der Waals surface area contributed by atoms with Gasteiger partial charge < -0.3 is 18.9 Å². The van der Waals surface area contributed by atoms with Gasteiger partial charge in [0.2, 0.25) is 0 Å². The molecule has 0 unspecified atom stereocenters. The topological polar surface area (TPSA) is 54.0 Å². The highest BCUT2D eigenvalue weighted by Gasteiger charge is 2.05. The van der Waals surface area contributed by atoms with Crippen molar-refractivity contribution in [2.24, 2.45) is 0 Å². The number of methoxy groups -OCH3 is 1. The molecule has 0 spiro atoms. The van der Waals surface area contributed by atoms with Gasteiger partial charge in [-0.1, -0.05) is 24.3 Å². The monoisotopic (exact) mass is 392 g/mol. The number of carbonyl (C=O) groups excluding carboxylic acids is 1. The molecule has 3 aromatic carbocycles. The van der Waals surface area contributed by atoms with E-state index in [0.29, 0.717) is 30.3 Å². The average Bonchev–Trinajstić information content (AvgIpc) is 2.77. The molecule has 0 radical (unpaired) electrons. The number of hydrogen-bond donors (Lipinski definition) is 0. The molecular weight excluding hydrogens is 368 g/mol. The number of benzene rings is 3. The third-order valence-electron chi connectivity index (χ3n) is 4.17. The predicted octanol–water partition coefficient (Wildman–Crippen LogP) is 5.54. The third kappa shape index (κ3) is 6.28. The summed E-state index contributed by atoms with van der Waals surface area (Å²) < 4.78 is 22.6. The van der Waals surface area contributed by atoms with Crippen LogP contribution in [0.15, 0.2) is 72.8 Å². The Labute approximate surface area is 170 Å². The second kappa shape index (κ2) is 10.8. The van der Waals surface area contributed by atoms with Crippen molar-refractivity contribution < 1.29 is 23.7 Å². The molecule has 0 bridgehead atoms. The molecule has 5 nitrogen and oxygen atoms in total.